The molecule has 1 aromatic rings. The van der Waals surface area contributed by atoms with E-state index in [0.717, 1.165) is 31.1 Å². The first-order chi connectivity index (χ1) is 12.1. The second-order valence-electron chi connectivity index (χ2n) is 6.15. The van der Waals surface area contributed by atoms with E-state index in [4.69, 9.17) is 14.2 Å². The Hall–Kier alpha value is -2.24. The van der Waals surface area contributed by atoms with E-state index in [1.165, 1.54) is 0 Å². The van der Waals surface area contributed by atoms with Crippen molar-refractivity contribution in [2.45, 2.75) is 44.6 Å². The molecule has 1 aliphatic rings. The molecule has 0 bridgehead atoms. The van der Waals surface area contributed by atoms with Crippen molar-refractivity contribution >= 4 is 12.2 Å². The number of likely N-dealkylation sites (tertiary alicyclic amines) is 1. The van der Waals surface area contributed by atoms with Gasteiger partial charge in [-0.1, -0.05) is 6.92 Å². The van der Waals surface area contributed by atoms with Crippen molar-refractivity contribution in [2.24, 2.45) is 0 Å². The number of benzene rings is 1. The zero-order valence-corrected chi connectivity index (χ0v) is 15.4. The number of aldehydes is 1. The number of ether oxygens (including phenoxy) is 3. The van der Waals surface area contributed by atoms with E-state index in [9.17, 15) is 9.59 Å². The first-order valence-electron chi connectivity index (χ1n) is 8.66. The van der Waals surface area contributed by atoms with Crippen LogP contribution in [-0.4, -0.2) is 51.0 Å². The average molecular weight is 349 g/mol. The minimum atomic E-state index is -0.353. The highest BCUT2D eigenvalue weighted by Crippen LogP contribution is 2.41. The summed E-state index contributed by atoms with van der Waals surface area (Å²) in [6, 6.07) is 3.30. The van der Waals surface area contributed by atoms with Gasteiger partial charge < -0.3 is 23.9 Å². The molecule has 1 aromatic carbocycles. The van der Waals surface area contributed by atoms with Crippen LogP contribution < -0.4 is 14.2 Å². The van der Waals surface area contributed by atoms with Crippen molar-refractivity contribution in [1.29, 1.82) is 0 Å². The molecular weight excluding hydrogens is 322 g/mol. The number of hydrogen-bond donors (Lipinski definition) is 0. The summed E-state index contributed by atoms with van der Waals surface area (Å²) in [5.41, 5.74) is 0.803. The van der Waals surface area contributed by atoms with Gasteiger partial charge in [0.15, 0.2) is 11.5 Å². The molecule has 2 rings (SSSR count). The van der Waals surface area contributed by atoms with Crippen molar-refractivity contribution in [2.75, 3.05) is 27.9 Å². The fourth-order valence-corrected chi connectivity index (χ4v) is 3.43. The lowest BCUT2D eigenvalue weighted by Crippen LogP contribution is -2.46. The Morgan fingerprint density at radius 3 is 2.32 bits per heavy atom. The van der Waals surface area contributed by atoms with Gasteiger partial charge in [0.2, 0.25) is 11.7 Å². The van der Waals surface area contributed by atoms with Crippen LogP contribution in [0.15, 0.2) is 12.1 Å². The fourth-order valence-electron chi connectivity index (χ4n) is 3.43. The molecular formula is C19H27NO5. The highest BCUT2D eigenvalue weighted by atomic mass is 16.5. The second-order valence-corrected chi connectivity index (χ2v) is 6.15. The number of carbonyl (C=O) groups excluding carboxylic acids is 2. The molecule has 0 unspecified atom stereocenters. The van der Waals surface area contributed by atoms with E-state index in [1.54, 1.807) is 26.2 Å². The number of hydrogen-bond acceptors (Lipinski definition) is 5. The summed E-state index contributed by atoms with van der Waals surface area (Å²) < 4.78 is 16.1. The molecule has 2 atom stereocenters. The van der Waals surface area contributed by atoms with E-state index in [-0.39, 0.29) is 17.9 Å². The van der Waals surface area contributed by atoms with Gasteiger partial charge in [-0.05, 0) is 43.4 Å². The van der Waals surface area contributed by atoms with Crippen LogP contribution in [0.4, 0.5) is 0 Å². The van der Waals surface area contributed by atoms with Gasteiger partial charge in [0, 0.05) is 6.54 Å². The van der Waals surface area contributed by atoms with Gasteiger partial charge >= 0.3 is 0 Å². The van der Waals surface area contributed by atoms with Gasteiger partial charge in [-0.3, -0.25) is 4.79 Å². The number of piperidine rings is 1. The Balaban J connectivity index is 2.39. The quantitative estimate of drug-likeness (QED) is 0.708. The number of carbonyl (C=O) groups is 2. The lowest BCUT2D eigenvalue weighted by molar-refractivity contribution is -0.139. The van der Waals surface area contributed by atoms with Crippen LogP contribution in [-0.2, 0) is 9.59 Å². The number of methoxy groups -OCH3 is 3. The lowest BCUT2D eigenvalue weighted by Gasteiger charge is -2.35. The van der Waals surface area contributed by atoms with Crippen LogP contribution in [0, 0.1) is 0 Å². The van der Waals surface area contributed by atoms with Crippen molar-refractivity contribution in [3.05, 3.63) is 17.7 Å². The third kappa shape index (κ3) is 3.89. The summed E-state index contributed by atoms with van der Waals surface area (Å²) in [5, 5.41) is 0. The zero-order chi connectivity index (χ0) is 18.4. The summed E-state index contributed by atoms with van der Waals surface area (Å²) in [7, 11) is 4.65. The van der Waals surface area contributed by atoms with Crippen LogP contribution >= 0.6 is 0 Å². The SMILES string of the molecule is CC[C@H](C(=O)N1CCCC[C@H]1C=O)c1cc(OC)c(OC)c(OC)c1. The molecule has 1 amide bonds. The molecule has 138 valence electrons. The Labute approximate surface area is 149 Å². The van der Waals surface area contributed by atoms with Crippen LogP contribution in [0.2, 0.25) is 0 Å². The van der Waals surface area contributed by atoms with Crippen molar-refractivity contribution in [3.63, 3.8) is 0 Å². The molecule has 25 heavy (non-hydrogen) atoms. The fraction of sp³-hybridized carbons (Fsp3) is 0.579. The average Bonchev–Trinajstić information content (AvgIpc) is 2.67. The van der Waals surface area contributed by atoms with E-state index in [2.05, 4.69) is 0 Å². The maximum Gasteiger partial charge on any atom is 0.230 e. The molecule has 0 saturated carbocycles. The van der Waals surface area contributed by atoms with Crippen molar-refractivity contribution < 1.29 is 23.8 Å². The van der Waals surface area contributed by atoms with E-state index >= 15 is 0 Å². The first-order valence-corrected chi connectivity index (χ1v) is 8.66. The molecule has 6 heteroatoms. The van der Waals surface area contributed by atoms with Gasteiger partial charge in [0.25, 0.3) is 0 Å². The number of amides is 1. The van der Waals surface area contributed by atoms with Crippen molar-refractivity contribution in [3.8, 4) is 17.2 Å². The molecule has 0 N–H and O–H groups in total. The van der Waals surface area contributed by atoms with Gasteiger partial charge in [-0.25, -0.2) is 0 Å². The highest BCUT2D eigenvalue weighted by Gasteiger charge is 2.32. The molecule has 0 aromatic heterocycles. The van der Waals surface area contributed by atoms with Gasteiger partial charge in [0.05, 0.1) is 33.3 Å². The van der Waals surface area contributed by atoms with Crippen molar-refractivity contribution in [1.82, 2.24) is 4.90 Å². The lowest BCUT2D eigenvalue weighted by atomic mass is 9.92. The molecule has 1 aliphatic heterocycles. The summed E-state index contributed by atoms with van der Waals surface area (Å²) in [6.45, 7) is 2.59. The Morgan fingerprint density at radius 2 is 1.84 bits per heavy atom. The Kier molecular flexibility index (Phi) is 6.67. The van der Waals surface area contributed by atoms with E-state index in [0.29, 0.717) is 30.2 Å². The predicted octanol–water partition coefficient (Wildman–Crippen LogP) is 2.79. The Bertz CT molecular complexity index is 591. The topological polar surface area (TPSA) is 65.1 Å². The first kappa shape index (κ1) is 19.1. The smallest absolute Gasteiger partial charge is 0.230 e. The van der Waals surface area contributed by atoms with Crippen LogP contribution in [0.1, 0.15) is 44.1 Å². The van der Waals surface area contributed by atoms with E-state index in [1.807, 2.05) is 19.1 Å². The van der Waals surface area contributed by atoms with Gasteiger partial charge in [-0.2, -0.15) is 0 Å². The summed E-state index contributed by atoms with van der Waals surface area (Å²) in [4.78, 5) is 26.2. The zero-order valence-electron chi connectivity index (χ0n) is 15.4. The van der Waals surface area contributed by atoms with Gasteiger partial charge in [-0.15, -0.1) is 0 Å². The third-order valence-electron chi connectivity index (χ3n) is 4.79. The van der Waals surface area contributed by atoms with Crippen LogP contribution in [0.3, 0.4) is 0 Å². The summed E-state index contributed by atoms with van der Waals surface area (Å²) >= 11 is 0. The maximum absolute atomic E-state index is 13.1. The molecule has 0 aliphatic carbocycles. The molecule has 0 spiro atoms. The minimum absolute atomic E-state index is 0.0198. The normalized spacial score (nSPS) is 18.4. The highest BCUT2D eigenvalue weighted by molar-refractivity contribution is 5.86. The van der Waals surface area contributed by atoms with Gasteiger partial charge in [0.1, 0.15) is 6.29 Å². The standard InChI is InChI=1S/C19H27NO5/c1-5-15(19(22)20-9-7-6-8-14(20)12-21)13-10-16(23-2)18(25-4)17(11-13)24-3/h10-12,14-15H,5-9H2,1-4H3/t14-,15-/m0/s1. The Morgan fingerprint density at radius 1 is 1.20 bits per heavy atom. The molecule has 1 saturated heterocycles. The predicted molar refractivity (Wildman–Crippen MR) is 94.5 cm³/mol. The molecule has 1 fully saturated rings. The molecule has 6 nitrogen and oxygen atoms in total. The molecule has 0 radical (unpaired) electrons. The number of rotatable bonds is 7. The summed E-state index contributed by atoms with van der Waals surface area (Å²) in [6.07, 6.45) is 4.16. The molecule has 1 heterocycles. The van der Waals surface area contributed by atoms with Crippen LogP contribution in [0.5, 0.6) is 17.2 Å². The summed E-state index contributed by atoms with van der Waals surface area (Å²) in [5.74, 6) is 1.17. The minimum Gasteiger partial charge on any atom is -0.493 e. The third-order valence-corrected chi connectivity index (χ3v) is 4.79. The second kappa shape index (κ2) is 8.74. The van der Waals surface area contributed by atoms with E-state index < -0.39 is 0 Å². The number of nitrogens with zero attached hydrogens (tertiary/aromatic N) is 1. The monoisotopic (exact) mass is 349 g/mol. The van der Waals surface area contributed by atoms with Crippen LogP contribution in [0.25, 0.3) is 0 Å². The largest absolute Gasteiger partial charge is 0.493 e. The maximum atomic E-state index is 13.1.